The van der Waals surface area contributed by atoms with Gasteiger partial charge in [-0.1, -0.05) is 18.2 Å². The number of rotatable bonds is 10. The van der Waals surface area contributed by atoms with Crippen LogP contribution in [0.3, 0.4) is 0 Å². The maximum Gasteiger partial charge on any atom is 0.355 e. The van der Waals surface area contributed by atoms with Crippen LogP contribution in [0.2, 0.25) is 0 Å². The Hall–Kier alpha value is -4.32. The number of carbonyl (C=O) groups excluding carboxylic acids is 3. The molecule has 2 aliphatic heterocycles. The Morgan fingerprint density at radius 1 is 1.18 bits per heavy atom. The number of thioether (sulfide) groups is 1. The molecule has 0 bridgehead atoms. The van der Waals surface area contributed by atoms with Crippen molar-refractivity contribution < 1.29 is 28.8 Å². The summed E-state index contributed by atoms with van der Waals surface area (Å²) in [6, 6.07) is 13.7. The van der Waals surface area contributed by atoms with Crippen LogP contribution in [0.15, 0.2) is 78.1 Å². The van der Waals surface area contributed by atoms with E-state index in [4.69, 9.17) is 9.47 Å². The molecule has 11 nitrogen and oxygen atoms in total. The summed E-state index contributed by atoms with van der Waals surface area (Å²) in [6.45, 7) is -0.371. The Kier molecular flexibility index (Phi) is 8.31. The highest BCUT2D eigenvalue weighted by Gasteiger charge is 2.54. The maximum absolute atomic E-state index is 13.2. The van der Waals surface area contributed by atoms with Crippen LogP contribution < -0.4 is 10.1 Å². The third-order valence-corrected chi connectivity index (χ3v) is 7.01. The van der Waals surface area contributed by atoms with E-state index in [-0.39, 0.29) is 24.6 Å². The highest BCUT2D eigenvalue weighted by Crippen LogP contribution is 2.41. The van der Waals surface area contributed by atoms with Crippen LogP contribution in [-0.2, 0) is 25.7 Å². The molecule has 0 spiro atoms. The Morgan fingerprint density at radius 2 is 1.89 bits per heavy atom. The van der Waals surface area contributed by atoms with Gasteiger partial charge in [-0.25, -0.2) is 4.79 Å². The van der Waals surface area contributed by atoms with Crippen molar-refractivity contribution in [3.63, 3.8) is 0 Å². The molecule has 1 N–H and O–H groups in total. The van der Waals surface area contributed by atoms with E-state index in [0.717, 1.165) is 0 Å². The van der Waals surface area contributed by atoms with Crippen molar-refractivity contribution in [1.29, 1.82) is 0 Å². The molecular formula is C26H26N4O7S. The van der Waals surface area contributed by atoms with Crippen LogP contribution in [0.25, 0.3) is 0 Å². The van der Waals surface area contributed by atoms with Crippen molar-refractivity contribution in [2.75, 3.05) is 26.5 Å². The first kappa shape index (κ1) is 26.7. The van der Waals surface area contributed by atoms with Crippen LogP contribution in [0.1, 0.15) is 5.56 Å². The SMILES string of the molecule is CN(C)C=CC1=C(C(=O)OCc2ccc([N+](=O)[O-])cc2)N2C(=O)C(NC(=O)COc3ccccc3)C2SC1. The van der Waals surface area contributed by atoms with Gasteiger partial charge in [-0.15, -0.1) is 11.8 Å². The number of hydrogen-bond acceptors (Lipinski definition) is 9. The number of nitro groups is 1. The molecular weight excluding hydrogens is 512 g/mol. The van der Waals surface area contributed by atoms with Crippen molar-refractivity contribution in [3.8, 4) is 5.75 Å². The summed E-state index contributed by atoms with van der Waals surface area (Å²) >= 11 is 1.43. The quantitative estimate of drug-likeness (QED) is 0.210. The lowest BCUT2D eigenvalue weighted by molar-refractivity contribution is -0.384. The molecule has 1 fully saturated rings. The van der Waals surface area contributed by atoms with Crippen molar-refractivity contribution in [1.82, 2.24) is 15.1 Å². The molecule has 0 aliphatic carbocycles. The van der Waals surface area contributed by atoms with Crippen LogP contribution in [0.5, 0.6) is 5.75 Å². The van der Waals surface area contributed by atoms with Gasteiger partial charge in [-0.3, -0.25) is 24.6 Å². The second-order valence-electron chi connectivity index (χ2n) is 8.71. The first-order chi connectivity index (χ1) is 18.2. The zero-order valence-electron chi connectivity index (χ0n) is 20.7. The topological polar surface area (TPSA) is 131 Å². The number of ether oxygens (including phenoxy) is 2. The summed E-state index contributed by atoms with van der Waals surface area (Å²) in [5.41, 5.74) is 1.22. The van der Waals surface area contributed by atoms with E-state index in [1.165, 1.54) is 40.9 Å². The minimum atomic E-state index is -0.802. The minimum absolute atomic E-state index is 0.0699. The average Bonchev–Trinajstić information content (AvgIpc) is 2.92. The summed E-state index contributed by atoms with van der Waals surface area (Å²) in [4.78, 5) is 52.2. The normalized spacial score (nSPS) is 18.5. The van der Waals surface area contributed by atoms with E-state index in [1.54, 1.807) is 41.4 Å². The molecule has 38 heavy (non-hydrogen) atoms. The molecule has 2 aromatic rings. The number of allylic oxidation sites excluding steroid dienone is 1. The number of benzene rings is 2. The van der Waals surface area contributed by atoms with E-state index in [1.807, 2.05) is 20.2 Å². The van der Waals surface area contributed by atoms with Crippen molar-refractivity contribution in [2.24, 2.45) is 0 Å². The Balaban J connectivity index is 1.44. The van der Waals surface area contributed by atoms with E-state index in [9.17, 15) is 24.5 Å². The zero-order valence-corrected chi connectivity index (χ0v) is 21.6. The number of nitrogens with one attached hydrogen (secondary N) is 1. The highest BCUT2D eigenvalue weighted by molar-refractivity contribution is 8.00. The number of para-hydroxylation sites is 1. The molecule has 1 saturated heterocycles. The van der Waals surface area contributed by atoms with Crippen molar-refractivity contribution in [2.45, 2.75) is 18.0 Å². The van der Waals surface area contributed by atoms with E-state index >= 15 is 0 Å². The van der Waals surface area contributed by atoms with Crippen molar-refractivity contribution in [3.05, 3.63) is 93.8 Å². The summed E-state index contributed by atoms with van der Waals surface area (Å²) in [6.07, 6.45) is 3.52. The predicted octanol–water partition coefficient (Wildman–Crippen LogP) is 2.45. The molecule has 0 saturated carbocycles. The fourth-order valence-corrected chi connectivity index (χ4v) is 5.13. The summed E-state index contributed by atoms with van der Waals surface area (Å²) in [7, 11) is 3.67. The molecule has 198 valence electrons. The number of nitrogens with zero attached hydrogens (tertiary/aromatic N) is 3. The number of esters is 1. The smallest absolute Gasteiger partial charge is 0.355 e. The van der Waals surface area contributed by atoms with Crippen LogP contribution in [-0.4, -0.2) is 70.4 Å². The molecule has 2 heterocycles. The molecule has 2 aliphatic rings. The lowest BCUT2D eigenvalue weighted by atomic mass is 10.0. The Bertz CT molecular complexity index is 1280. The second kappa shape index (κ2) is 11.8. The Labute approximate surface area is 223 Å². The van der Waals surface area contributed by atoms with Gasteiger partial charge in [0, 0.05) is 32.0 Å². The molecule has 2 unspecified atom stereocenters. The first-order valence-corrected chi connectivity index (χ1v) is 12.7. The number of hydrogen-bond donors (Lipinski definition) is 1. The molecule has 2 aromatic carbocycles. The van der Waals surface area contributed by atoms with Crippen LogP contribution in [0.4, 0.5) is 5.69 Å². The molecule has 2 atom stereocenters. The highest BCUT2D eigenvalue weighted by atomic mass is 32.2. The molecule has 4 rings (SSSR count). The monoisotopic (exact) mass is 538 g/mol. The summed E-state index contributed by atoms with van der Waals surface area (Å²) < 4.78 is 10.9. The lowest BCUT2D eigenvalue weighted by Gasteiger charge is -2.49. The van der Waals surface area contributed by atoms with Gasteiger partial charge >= 0.3 is 5.97 Å². The Morgan fingerprint density at radius 3 is 2.55 bits per heavy atom. The average molecular weight is 539 g/mol. The fourth-order valence-electron chi connectivity index (χ4n) is 3.81. The number of amides is 2. The second-order valence-corrected chi connectivity index (χ2v) is 9.81. The molecule has 2 amide bonds. The number of nitro benzene ring substituents is 1. The third-order valence-electron chi connectivity index (χ3n) is 5.71. The molecule has 0 radical (unpaired) electrons. The predicted molar refractivity (Wildman–Crippen MR) is 140 cm³/mol. The van der Waals surface area contributed by atoms with Gasteiger partial charge in [0.15, 0.2) is 6.61 Å². The molecule has 12 heteroatoms. The zero-order chi connectivity index (χ0) is 27.2. The largest absolute Gasteiger partial charge is 0.484 e. The van der Waals surface area contributed by atoms with Gasteiger partial charge in [-0.05, 0) is 47.7 Å². The number of carbonyl (C=O) groups is 3. The number of β-lactam (4-membered cyclic amide) rings is 1. The lowest BCUT2D eigenvalue weighted by Crippen LogP contribution is -2.70. The number of fused-ring (bicyclic) bond motifs is 1. The van der Waals surface area contributed by atoms with Crippen LogP contribution >= 0.6 is 11.8 Å². The van der Waals surface area contributed by atoms with Gasteiger partial charge in [0.1, 0.15) is 29.5 Å². The summed E-state index contributed by atoms with van der Waals surface area (Å²) in [5.74, 6) is -0.606. The third kappa shape index (κ3) is 6.14. The van der Waals surface area contributed by atoms with Gasteiger partial charge in [-0.2, -0.15) is 0 Å². The maximum atomic E-state index is 13.2. The van der Waals surface area contributed by atoms with E-state index < -0.39 is 34.1 Å². The van der Waals surface area contributed by atoms with E-state index in [2.05, 4.69) is 5.32 Å². The fraction of sp³-hybridized carbons (Fsp3) is 0.269. The van der Waals surface area contributed by atoms with E-state index in [0.29, 0.717) is 22.6 Å². The number of non-ortho nitro benzene ring substituents is 1. The van der Waals surface area contributed by atoms with Gasteiger partial charge in [0.2, 0.25) is 0 Å². The van der Waals surface area contributed by atoms with Gasteiger partial charge in [0.25, 0.3) is 17.5 Å². The molecule has 0 aromatic heterocycles. The van der Waals surface area contributed by atoms with Crippen molar-refractivity contribution >= 4 is 35.2 Å². The van der Waals surface area contributed by atoms with Crippen LogP contribution in [0, 0.1) is 10.1 Å². The minimum Gasteiger partial charge on any atom is -0.484 e. The van der Waals surface area contributed by atoms with Gasteiger partial charge in [0.05, 0.1) is 4.92 Å². The van der Waals surface area contributed by atoms with Gasteiger partial charge < -0.3 is 19.7 Å². The standard InChI is InChI=1S/C26H26N4O7S/c1-28(2)13-12-18-16-38-25-22(27-21(31)15-36-20-6-4-3-5-7-20)24(32)29(25)23(18)26(33)37-14-17-8-10-19(11-9-17)30(34)35/h3-13,22,25H,14-16H2,1-2H3,(H,27,31). The summed E-state index contributed by atoms with van der Waals surface area (Å²) in [5, 5.41) is 13.1. The first-order valence-electron chi connectivity index (χ1n) is 11.6.